The molecule has 0 atom stereocenters. The van der Waals surface area contributed by atoms with Crippen LogP contribution in [0.25, 0.3) is 22.6 Å². The average Bonchev–Trinajstić information content (AvgIpc) is 2.97. The van der Waals surface area contributed by atoms with Crippen LogP contribution in [-0.4, -0.2) is 52.8 Å². The number of benzene rings is 3. The van der Waals surface area contributed by atoms with E-state index >= 15 is 0 Å². The smallest absolute Gasteiger partial charge is 0.258 e. The van der Waals surface area contributed by atoms with Crippen molar-refractivity contribution in [1.82, 2.24) is 14.8 Å². The van der Waals surface area contributed by atoms with Gasteiger partial charge in [0.15, 0.2) is 11.3 Å². The van der Waals surface area contributed by atoms with E-state index in [9.17, 15) is 14.4 Å². The van der Waals surface area contributed by atoms with Gasteiger partial charge in [0.05, 0.1) is 16.8 Å². The molecule has 2 amide bonds. The monoisotopic (exact) mass is 543 g/mol. The predicted octanol–water partition coefficient (Wildman–Crippen LogP) is 5.07. The lowest BCUT2D eigenvalue weighted by atomic mass is 9.98. The van der Waals surface area contributed by atoms with E-state index in [0.29, 0.717) is 55.1 Å². The van der Waals surface area contributed by atoms with Crippen LogP contribution in [0.2, 0.25) is 0 Å². The molecule has 4 rings (SSSR count). The Morgan fingerprint density at radius 2 is 1.52 bits per heavy atom. The Morgan fingerprint density at radius 3 is 2.12 bits per heavy atom. The molecule has 40 heavy (non-hydrogen) atoms. The number of hydrogen-bond donors (Lipinski definition) is 2. The Morgan fingerprint density at radius 1 is 0.925 bits per heavy atom. The van der Waals surface area contributed by atoms with E-state index in [0.717, 1.165) is 11.1 Å². The van der Waals surface area contributed by atoms with Crippen LogP contribution in [0.4, 0.5) is 11.4 Å². The maximum Gasteiger partial charge on any atom is 0.258 e. The number of nitrogens with one attached hydrogen (secondary N) is 1. The highest BCUT2D eigenvalue weighted by atomic mass is 16.3. The van der Waals surface area contributed by atoms with E-state index in [-0.39, 0.29) is 34.2 Å². The van der Waals surface area contributed by atoms with Gasteiger partial charge >= 0.3 is 0 Å². The highest BCUT2D eigenvalue weighted by Gasteiger charge is 2.31. The maximum atomic E-state index is 13.8. The SMILES string of the molecule is CCN(CC)C(=O)c1c2nc3c(C(=O)N(CC)CC)cc(NCc4ccccc4)c(C)c3oc-2c(C)c(=O)c1N. The summed E-state index contributed by atoms with van der Waals surface area (Å²) in [5.74, 6) is -0.422. The molecule has 0 fully saturated rings. The van der Waals surface area contributed by atoms with E-state index in [2.05, 4.69) is 5.32 Å². The van der Waals surface area contributed by atoms with Gasteiger partial charge in [0, 0.05) is 49.5 Å². The van der Waals surface area contributed by atoms with Crippen molar-refractivity contribution in [3.63, 3.8) is 0 Å². The van der Waals surface area contributed by atoms with Crippen LogP contribution < -0.4 is 16.5 Å². The first-order chi connectivity index (χ1) is 19.2. The fourth-order valence-corrected chi connectivity index (χ4v) is 4.97. The number of anilines is 2. The van der Waals surface area contributed by atoms with Crippen molar-refractivity contribution >= 4 is 34.3 Å². The molecule has 0 unspecified atom stereocenters. The number of hydrogen-bond acceptors (Lipinski definition) is 7. The number of nitrogen functional groups attached to an aromatic ring is 1. The maximum absolute atomic E-state index is 13.8. The van der Waals surface area contributed by atoms with Crippen LogP contribution in [0.3, 0.4) is 0 Å². The van der Waals surface area contributed by atoms with Crippen LogP contribution in [-0.2, 0) is 6.54 Å². The minimum absolute atomic E-state index is 0.00474. The second kappa shape index (κ2) is 11.8. The van der Waals surface area contributed by atoms with Crippen molar-refractivity contribution in [3.8, 4) is 11.5 Å². The van der Waals surface area contributed by atoms with Gasteiger partial charge in [-0.1, -0.05) is 30.3 Å². The Labute approximate surface area is 234 Å². The second-order valence-electron chi connectivity index (χ2n) is 9.70. The van der Waals surface area contributed by atoms with Crippen LogP contribution in [0, 0.1) is 13.8 Å². The lowest BCUT2D eigenvalue weighted by molar-refractivity contribution is 0.0767. The summed E-state index contributed by atoms with van der Waals surface area (Å²) in [4.78, 5) is 48.6. The number of nitrogens with zero attached hydrogens (tertiary/aromatic N) is 3. The number of carbonyl (C=O) groups excluding carboxylic acids is 2. The van der Waals surface area contributed by atoms with E-state index < -0.39 is 11.3 Å². The molecule has 0 bridgehead atoms. The van der Waals surface area contributed by atoms with E-state index in [1.54, 1.807) is 22.8 Å². The van der Waals surface area contributed by atoms with E-state index in [1.165, 1.54) is 0 Å². The molecule has 2 aromatic carbocycles. The lowest BCUT2D eigenvalue weighted by Crippen LogP contribution is -2.34. The predicted molar refractivity (Wildman–Crippen MR) is 159 cm³/mol. The summed E-state index contributed by atoms with van der Waals surface area (Å²) in [6, 6.07) is 11.7. The molecule has 1 heterocycles. The van der Waals surface area contributed by atoms with Crippen molar-refractivity contribution < 1.29 is 14.0 Å². The van der Waals surface area contributed by atoms with Crippen molar-refractivity contribution in [1.29, 1.82) is 0 Å². The van der Waals surface area contributed by atoms with Crippen LogP contribution in [0.1, 0.15) is 65.1 Å². The van der Waals surface area contributed by atoms with Gasteiger partial charge in [-0.3, -0.25) is 14.4 Å². The molecule has 0 aromatic heterocycles. The third-order valence-electron chi connectivity index (χ3n) is 7.45. The van der Waals surface area contributed by atoms with Crippen molar-refractivity contribution in [2.75, 3.05) is 37.2 Å². The summed E-state index contributed by atoms with van der Waals surface area (Å²) in [6.07, 6.45) is 0. The van der Waals surface area contributed by atoms with Gasteiger partial charge in [0.1, 0.15) is 11.2 Å². The molecule has 0 spiro atoms. The van der Waals surface area contributed by atoms with Crippen molar-refractivity contribution in [2.24, 2.45) is 0 Å². The van der Waals surface area contributed by atoms with Crippen LogP contribution >= 0.6 is 0 Å². The summed E-state index contributed by atoms with van der Waals surface area (Å²) < 4.78 is 6.41. The average molecular weight is 544 g/mol. The second-order valence-corrected chi connectivity index (χ2v) is 9.70. The quantitative estimate of drug-likeness (QED) is 0.223. The summed E-state index contributed by atoms with van der Waals surface area (Å²) in [6.45, 7) is 13.5. The number of amides is 2. The minimum atomic E-state index is -0.469. The number of aryl methyl sites for hydroxylation is 1. The molecule has 2 aliphatic rings. The number of carbonyl (C=O) groups is 2. The molecule has 1 aliphatic heterocycles. The Balaban J connectivity index is 2.05. The Kier molecular flexibility index (Phi) is 8.42. The molecule has 2 aromatic rings. The van der Waals surface area contributed by atoms with Gasteiger partial charge in [-0.2, -0.15) is 0 Å². The highest BCUT2D eigenvalue weighted by molar-refractivity contribution is 6.09. The highest BCUT2D eigenvalue weighted by Crippen LogP contribution is 2.37. The summed E-state index contributed by atoms with van der Waals surface area (Å²) >= 11 is 0. The molecule has 1 aliphatic carbocycles. The molecular weight excluding hydrogens is 506 g/mol. The fourth-order valence-electron chi connectivity index (χ4n) is 4.97. The molecule has 9 nitrogen and oxygen atoms in total. The normalized spacial score (nSPS) is 11.2. The molecule has 0 saturated heterocycles. The first kappa shape index (κ1) is 28.6. The fraction of sp³-hybridized carbons (Fsp3) is 0.355. The standard InChI is InChI=1S/C31H37N5O4/c1-7-35(8-2)30(38)21-16-22(33-17-20-14-12-11-13-15-20)18(5)28-25(21)34-26-23(31(39)36(9-3)10-4)24(32)27(37)19(6)29(26)40-28/h11-16,33H,7-10,17,32H2,1-6H3. The largest absolute Gasteiger partial charge is 0.452 e. The van der Waals surface area contributed by atoms with Gasteiger partial charge < -0.3 is 25.3 Å². The van der Waals surface area contributed by atoms with Gasteiger partial charge in [-0.25, -0.2) is 4.98 Å². The Bertz CT molecular complexity index is 1590. The first-order valence-corrected chi connectivity index (χ1v) is 13.7. The molecule has 3 N–H and O–H groups in total. The summed E-state index contributed by atoms with van der Waals surface area (Å²) in [7, 11) is 0. The van der Waals surface area contributed by atoms with Gasteiger partial charge in [-0.15, -0.1) is 0 Å². The van der Waals surface area contributed by atoms with Crippen molar-refractivity contribution in [2.45, 2.75) is 48.1 Å². The Hall–Kier alpha value is -4.40. The summed E-state index contributed by atoms with van der Waals surface area (Å²) in [5.41, 5.74) is 9.61. The lowest BCUT2D eigenvalue weighted by Gasteiger charge is -2.24. The third kappa shape index (κ3) is 4.99. The number of nitrogens with two attached hydrogens (primary N) is 1. The van der Waals surface area contributed by atoms with Gasteiger partial charge in [0.25, 0.3) is 11.8 Å². The van der Waals surface area contributed by atoms with Crippen molar-refractivity contribution in [3.05, 3.63) is 74.4 Å². The van der Waals surface area contributed by atoms with E-state index in [1.807, 2.05) is 65.0 Å². The molecule has 0 saturated carbocycles. The first-order valence-electron chi connectivity index (χ1n) is 13.7. The zero-order chi connectivity index (χ0) is 29.1. The molecule has 9 heteroatoms. The zero-order valence-electron chi connectivity index (χ0n) is 24.1. The minimum Gasteiger partial charge on any atom is -0.452 e. The molecule has 210 valence electrons. The molecule has 0 radical (unpaired) electrons. The van der Waals surface area contributed by atoms with Gasteiger partial charge in [0.2, 0.25) is 5.43 Å². The molecular formula is C31H37N5O4. The summed E-state index contributed by atoms with van der Waals surface area (Å²) in [5, 5.41) is 3.43. The third-order valence-corrected chi connectivity index (χ3v) is 7.45. The number of aromatic nitrogens is 1. The van der Waals surface area contributed by atoms with Gasteiger partial charge in [-0.05, 0) is 53.2 Å². The van der Waals surface area contributed by atoms with Crippen LogP contribution in [0.5, 0.6) is 0 Å². The number of fused-ring (bicyclic) bond motifs is 2. The topological polar surface area (TPSA) is 122 Å². The van der Waals surface area contributed by atoms with E-state index in [4.69, 9.17) is 15.1 Å². The van der Waals surface area contributed by atoms with Crippen LogP contribution in [0.15, 0.2) is 45.6 Å². The zero-order valence-corrected chi connectivity index (χ0v) is 24.1. The number of rotatable bonds is 9.